The molecule has 0 spiro atoms. The first-order chi connectivity index (χ1) is 11.2. The summed E-state index contributed by atoms with van der Waals surface area (Å²) in [6, 6.07) is 5.55. The van der Waals surface area contributed by atoms with Crippen molar-refractivity contribution >= 4 is 11.6 Å². The molecule has 1 aliphatic rings. The van der Waals surface area contributed by atoms with Gasteiger partial charge < -0.3 is 10.6 Å². The summed E-state index contributed by atoms with van der Waals surface area (Å²) in [5.74, 6) is 1.84. The maximum absolute atomic E-state index is 12.2. The SMILES string of the molecule is CC(CC(=O)Nc1ccc(-n2cccn2)nc1)C1CCNCC1. The Kier molecular flexibility index (Phi) is 5.02. The minimum absolute atomic E-state index is 0.0599. The van der Waals surface area contributed by atoms with Gasteiger partial charge in [0.2, 0.25) is 5.91 Å². The second-order valence-corrected chi connectivity index (χ2v) is 6.17. The van der Waals surface area contributed by atoms with Crippen LogP contribution in [0.3, 0.4) is 0 Å². The maximum Gasteiger partial charge on any atom is 0.224 e. The number of nitrogens with one attached hydrogen (secondary N) is 2. The Balaban J connectivity index is 1.53. The highest BCUT2D eigenvalue weighted by Gasteiger charge is 2.22. The van der Waals surface area contributed by atoms with Crippen molar-refractivity contribution in [1.82, 2.24) is 20.1 Å². The van der Waals surface area contributed by atoms with Crippen molar-refractivity contribution in [3.05, 3.63) is 36.8 Å². The number of carbonyl (C=O) groups is 1. The highest BCUT2D eigenvalue weighted by Crippen LogP contribution is 2.24. The number of aromatic nitrogens is 3. The Labute approximate surface area is 136 Å². The summed E-state index contributed by atoms with van der Waals surface area (Å²) in [6.07, 6.45) is 8.10. The van der Waals surface area contributed by atoms with Gasteiger partial charge in [0.1, 0.15) is 0 Å². The molecule has 0 bridgehead atoms. The molecule has 1 amide bonds. The van der Waals surface area contributed by atoms with E-state index in [1.54, 1.807) is 17.1 Å². The third-order valence-electron chi connectivity index (χ3n) is 4.47. The van der Waals surface area contributed by atoms with Crippen LogP contribution in [0.2, 0.25) is 0 Å². The molecular formula is C17H23N5O. The van der Waals surface area contributed by atoms with Crippen molar-refractivity contribution in [3.8, 4) is 5.82 Å². The van der Waals surface area contributed by atoms with Crippen LogP contribution in [-0.4, -0.2) is 33.8 Å². The summed E-state index contributed by atoms with van der Waals surface area (Å²) >= 11 is 0. The Morgan fingerprint density at radius 1 is 1.43 bits per heavy atom. The summed E-state index contributed by atoms with van der Waals surface area (Å²) in [4.78, 5) is 16.5. The van der Waals surface area contributed by atoms with E-state index in [4.69, 9.17) is 0 Å². The van der Waals surface area contributed by atoms with Crippen LogP contribution in [0.1, 0.15) is 26.2 Å². The van der Waals surface area contributed by atoms with Crippen molar-refractivity contribution in [2.75, 3.05) is 18.4 Å². The van der Waals surface area contributed by atoms with Crippen LogP contribution in [-0.2, 0) is 4.79 Å². The van der Waals surface area contributed by atoms with Crippen LogP contribution in [0.15, 0.2) is 36.8 Å². The Morgan fingerprint density at radius 2 is 2.26 bits per heavy atom. The van der Waals surface area contributed by atoms with E-state index in [1.165, 1.54) is 0 Å². The first-order valence-electron chi connectivity index (χ1n) is 8.19. The zero-order valence-corrected chi connectivity index (χ0v) is 13.4. The largest absolute Gasteiger partial charge is 0.325 e. The highest BCUT2D eigenvalue weighted by molar-refractivity contribution is 5.90. The second-order valence-electron chi connectivity index (χ2n) is 6.17. The molecule has 122 valence electrons. The number of hydrogen-bond acceptors (Lipinski definition) is 4. The number of carbonyl (C=O) groups excluding carboxylic acids is 1. The topological polar surface area (TPSA) is 71.8 Å². The zero-order chi connectivity index (χ0) is 16.1. The molecular weight excluding hydrogens is 290 g/mol. The predicted octanol–water partition coefficient (Wildman–Crippen LogP) is 2.23. The van der Waals surface area contributed by atoms with Crippen molar-refractivity contribution < 1.29 is 4.79 Å². The fourth-order valence-corrected chi connectivity index (χ4v) is 3.08. The lowest BCUT2D eigenvalue weighted by atomic mass is 9.84. The Hall–Kier alpha value is -2.21. The van der Waals surface area contributed by atoms with Crippen LogP contribution in [0.5, 0.6) is 0 Å². The fourth-order valence-electron chi connectivity index (χ4n) is 3.08. The summed E-state index contributed by atoms with van der Waals surface area (Å²) in [5.41, 5.74) is 0.725. The number of anilines is 1. The summed E-state index contributed by atoms with van der Waals surface area (Å²) in [6.45, 7) is 4.31. The average molecular weight is 313 g/mol. The summed E-state index contributed by atoms with van der Waals surface area (Å²) < 4.78 is 1.69. The van der Waals surface area contributed by atoms with Gasteiger partial charge in [-0.1, -0.05) is 6.92 Å². The van der Waals surface area contributed by atoms with E-state index >= 15 is 0 Å². The van der Waals surface area contributed by atoms with Gasteiger partial charge in [-0.2, -0.15) is 5.10 Å². The van der Waals surface area contributed by atoms with Gasteiger partial charge in [0, 0.05) is 18.8 Å². The van der Waals surface area contributed by atoms with Gasteiger partial charge in [-0.15, -0.1) is 0 Å². The number of pyridine rings is 1. The van der Waals surface area contributed by atoms with E-state index in [0.29, 0.717) is 18.3 Å². The molecule has 2 N–H and O–H groups in total. The molecule has 6 nitrogen and oxygen atoms in total. The maximum atomic E-state index is 12.2. The summed E-state index contributed by atoms with van der Waals surface area (Å²) in [7, 11) is 0. The molecule has 1 fully saturated rings. The van der Waals surface area contributed by atoms with Gasteiger partial charge in [-0.05, 0) is 56.0 Å². The molecule has 3 rings (SSSR count). The molecule has 1 atom stereocenters. The van der Waals surface area contributed by atoms with Crippen LogP contribution in [0, 0.1) is 11.8 Å². The first-order valence-corrected chi connectivity index (χ1v) is 8.19. The van der Waals surface area contributed by atoms with Gasteiger partial charge in [-0.25, -0.2) is 9.67 Å². The lowest BCUT2D eigenvalue weighted by Crippen LogP contribution is -2.32. The third-order valence-corrected chi connectivity index (χ3v) is 4.47. The lowest BCUT2D eigenvalue weighted by Gasteiger charge is -2.27. The van der Waals surface area contributed by atoms with Gasteiger partial charge in [0.15, 0.2) is 5.82 Å². The van der Waals surface area contributed by atoms with Crippen molar-refractivity contribution in [2.24, 2.45) is 11.8 Å². The standard InChI is InChI=1S/C17H23N5O/c1-13(14-5-8-18-9-6-14)11-17(23)21-15-3-4-16(19-12-15)22-10-2-7-20-22/h2-4,7,10,12-14,18H,5-6,8-9,11H2,1H3,(H,21,23). The second kappa shape index (κ2) is 7.37. The number of piperidine rings is 1. The van der Waals surface area contributed by atoms with Crippen LogP contribution in [0.4, 0.5) is 5.69 Å². The first kappa shape index (κ1) is 15.7. The minimum atomic E-state index is 0.0599. The Bertz CT molecular complexity index is 617. The quantitative estimate of drug-likeness (QED) is 0.888. The molecule has 3 heterocycles. The smallest absolute Gasteiger partial charge is 0.224 e. The molecule has 2 aromatic heterocycles. The van der Waals surface area contributed by atoms with E-state index in [-0.39, 0.29) is 5.91 Å². The van der Waals surface area contributed by atoms with Gasteiger partial charge in [-0.3, -0.25) is 4.79 Å². The molecule has 1 aliphatic heterocycles. The number of hydrogen-bond donors (Lipinski definition) is 2. The van der Waals surface area contributed by atoms with E-state index in [9.17, 15) is 4.79 Å². The molecule has 1 saturated heterocycles. The molecule has 0 aromatic carbocycles. The van der Waals surface area contributed by atoms with E-state index in [2.05, 4.69) is 27.6 Å². The molecule has 6 heteroatoms. The van der Waals surface area contributed by atoms with Crippen LogP contribution in [0.25, 0.3) is 5.82 Å². The normalized spacial score (nSPS) is 16.9. The van der Waals surface area contributed by atoms with Gasteiger partial charge in [0.25, 0.3) is 0 Å². The summed E-state index contributed by atoms with van der Waals surface area (Å²) in [5, 5.41) is 10.4. The van der Waals surface area contributed by atoms with Crippen LogP contribution < -0.4 is 10.6 Å². The number of nitrogens with zero attached hydrogens (tertiary/aromatic N) is 3. The average Bonchev–Trinajstić information content (AvgIpc) is 3.11. The van der Waals surface area contributed by atoms with E-state index in [1.807, 2.05) is 24.4 Å². The lowest BCUT2D eigenvalue weighted by molar-refractivity contribution is -0.117. The van der Waals surface area contributed by atoms with Gasteiger partial charge >= 0.3 is 0 Å². The van der Waals surface area contributed by atoms with E-state index < -0.39 is 0 Å². The highest BCUT2D eigenvalue weighted by atomic mass is 16.1. The van der Waals surface area contributed by atoms with Crippen molar-refractivity contribution in [1.29, 1.82) is 0 Å². The van der Waals surface area contributed by atoms with Crippen molar-refractivity contribution in [3.63, 3.8) is 0 Å². The number of amides is 1. The fraction of sp³-hybridized carbons (Fsp3) is 0.471. The third kappa shape index (κ3) is 4.16. The van der Waals surface area contributed by atoms with Gasteiger partial charge in [0.05, 0.1) is 11.9 Å². The van der Waals surface area contributed by atoms with E-state index in [0.717, 1.165) is 37.4 Å². The monoisotopic (exact) mass is 313 g/mol. The molecule has 0 saturated carbocycles. The predicted molar refractivity (Wildman–Crippen MR) is 89.4 cm³/mol. The molecule has 0 radical (unpaired) electrons. The van der Waals surface area contributed by atoms with Crippen molar-refractivity contribution in [2.45, 2.75) is 26.2 Å². The molecule has 23 heavy (non-hydrogen) atoms. The number of rotatable bonds is 5. The molecule has 1 unspecified atom stereocenters. The Morgan fingerprint density at radius 3 is 2.91 bits per heavy atom. The van der Waals surface area contributed by atoms with Crippen LogP contribution >= 0.6 is 0 Å². The molecule has 0 aliphatic carbocycles. The zero-order valence-electron chi connectivity index (χ0n) is 13.4. The molecule has 2 aromatic rings. The minimum Gasteiger partial charge on any atom is -0.325 e.